The van der Waals surface area contributed by atoms with Gasteiger partial charge in [0.15, 0.2) is 0 Å². The van der Waals surface area contributed by atoms with Gasteiger partial charge >= 0.3 is 0 Å². The van der Waals surface area contributed by atoms with Crippen LogP contribution >= 0.6 is 0 Å². The van der Waals surface area contributed by atoms with Gasteiger partial charge in [-0.2, -0.15) is 0 Å². The van der Waals surface area contributed by atoms with Gasteiger partial charge in [0.25, 0.3) is 0 Å². The normalized spacial score (nSPS) is 11.1. The second-order valence-electron chi connectivity index (χ2n) is 4.63. The van der Waals surface area contributed by atoms with Crippen molar-refractivity contribution in [3.05, 3.63) is 0 Å². The molecule has 0 aromatic heterocycles. The van der Waals surface area contributed by atoms with E-state index < -0.39 is 0 Å². The van der Waals surface area contributed by atoms with Crippen molar-refractivity contribution in [1.29, 1.82) is 0 Å². The molecule has 0 N–H and O–H groups in total. The number of hydrogen-bond donors (Lipinski definition) is 0. The summed E-state index contributed by atoms with van der Waals surface area (Å²) >= 11 is 0. The Hall–Kier alpha value is -0.0400. The van der Waals surface area contributed by atoms with Crippen molar-refractivity contribution in [2.24, 2.45) is 0 Å². The first-order valence-electron chi connectivity index (χ1n) is 6.42. The van der Waals surface area contributed by atoms with Gasteiger partial charge < -0.3 is 4.90 Å². The zero-order valence-electron chi connectivity index (χ0n) is 10.5. The molecule has 0 aliphatic heterocycles. The molecule has 1 nitrogen and oxygen atoms in total. The molecular formula is C13H29N. The van der Waals surface area contributed by atoms with Gasteiger partial charge in [0.2, 0.25) is 0 Å². The van der Waals surface area contributed by atoms with Crippen LogP contribution < -0.4 is 0 Å². The fourth-order valence-corrected chi connectivity index (χ4v) is 1.74. The third-order valence-electron chi connectivity index (χ3n) is 2.71. The van der Waals surface area contributed by atoms with Crippen LogP contribution in [0.5, 0.6) is 0 Å². The second-order valence-corrected chi connectivity index (χ2v) is 4.63. The zero-order valence-corrected chi connectivity index (χ0v) is 10.5. The first kappa shape index (κ1) is 14.0. The van der Waals surface area contributed by atoms with Crippen molar-refractivity contribution >= 4 is 0 Å². The van der Waals surface area contributed by atoms with Gasteiger partial charge in [0, 0.05) is 0 Å². The lowest BCUT2D eigenvalue weighted by atomic mass is 10.1. The van der Waals surface area contributed by atoms with E-state index in [9.17, 15) is 0 Å². The highest BCUT2D eigenvalue weighted by molar-refractivity contribution is 4.48. The summed E-state index contributed by atoms with van der Waals surface area (Å²) in [6.07, 6.45) is 12.9. The van der Waals surface area contributed by atoms with Gasteiger partial charge in [0.05, 0.1) is 0 Å². The highest BCUT2D eigenvalue weighted by atomic mass is 15.0. The second kappa shape index (κ2) is 11.0. The van der Waals surface area contributed by atoms with Crippen molar-refractivity contribution in [2.45, 2.75) is 64.7 Å². The van der Waals surface area contributed by atoms with Gasteiger partial charge in [-0.1, -0.05) is 58.3 Å². The molecule has 0 aromatic carbocycles. The Morgan fingerprint density at radius 2 is 1.07 bits per heavy atom. The first-order chi connectivity index (χ1) is 6.77. The predicted octanol–water partition coefficient (Wildman–Crippen LogP) is 4.08. The van der Waals surface area contributed by atoms with E-state index in [0.29, 0.717) is 0 Å². The Kier molecular flexibility index (Phi) is 11.0. The van der Waals surface area contributed by atoms with Crippen molar-refractivity contribution < 1.29 is 0 Å². The lowest BCUT2D eigenvalue weighted by Gasteiger charge is -2.08. The van der Waals surface area contributed by atoms with E-state index in [0.717, 1.165) is 0 Å². The van der Waals surface area contributed by atoms with Crippen molar-refractivity contribution in [3.63, 3.8) is 0 Å². The van der Waals surface area contributed by atoms with E-state index in [2.05, 4.69) is 25.9 Å². The monoisotopic (exact) mass is 199 g/mol. The average Bonchev–Trinajstić information content (AvgIpc) is 2.15. The van der Waals surface area contributed by atoms with Gasteiger partial charge in [0.1, 0.15) is 0 Å². The van der Waals surface area contributed by atoms with Crippen molar-refractivity contribution in [3.8, 4) is 0 Å². The molecule has 0 atom stereocenters. The molecule has 0 saturated carbocycles. The molecular weight excluding hydrogens is 170 g/mol. The molecule has 0 amide bonds. The summed E-state index contributed by atoms with van der Waals surface area (Å²) in [5.41, 5.74) is 0. The van der Waals surface area contributed by atoms with Gasteiger partial charge in [-0.3, -0.25) is 0 Å². The fraction of sp³-hybridized carbons (Fsp3) is 1.00. The topological polar surface area (TPSA) is 3.24 Å². The Balaban J connectivity index is 2.85. The van der Waals surface area contributed by atoms with E-state index in [1.54, 1.807) is 0 Å². The van der Waals surface area contributed by atoms with Crippen LogP contribution in [-0.4, -0.2) is 25.5 Å². The Bertz CT molecular complexity index is 99.4. The van der Waals surface area contributed by atoms with Gasteiger partial charge in [-0.25, -0.2) is 0 Å². The van der Waals surface area contributed by atoms with Crippen molar-refractivity contribution in [1.82, 2.24) is 4.90 Å². The molecule has 0 aromatic rings. The minimum absolute atomic E-state index is 1.26. The van der Waals surface area contributed by atoms with E-state index in [1.165, 1.54) is 64.3 Å². The van der Waals surface area contributed by atoms with E-state index in [4.69, 9.17) is 0 Å². The molecule has 0 bridgehead atoms. The summed E-state index contributed by atoms with van der Waals surface area (Å²) in [5.74, 6) is 0. The maximum atomic E-state index is 2.28. The van der Waals surface area contributed by atoms with Crippen molar-refractivity contribution in [2.75, 3.05) is 20.6 Å². The SMILES string of the molecule is CCCCCCCCCCCN(C)C. The van der Waals surface area contributed by atoms with Crippen LogP contribution in [0.3, 0.4) is 0 Å². The number of hydrogen-bond acceptors (Lipinski definition) is 1. The number of rotatable bonds is 10. The molecule has 0 aliphatic rings. The number of unbranched alkanes of at least 4 members (excludes halogenated alkanes) is 8. The molecule has 14 heavy (non-hydrogen) atoms. The summed E-state index contributed by atoms with van der Waals surface area (Å²) in [6.45, 7) is 3.54. The summed E-state index contributed by atoms with van der Waals surface area (Å²) in [7, 11) is 4.31. The molecule has 0 heterocycles. The van der Waals surface area contributed by atoms with Gasteiger partial charge in [-0.05, 0) is 27.1 Å². The highest BCUT2D eigenvalue weighted by Crippen LogP contribution is 2.09. The third-order valence-corrected chi connectivity index (χ3v) is 2.71. The lowest BCUT2D eigenvalue weighted by Crippen LogP contribution is -2.12. The van der Waals surface area contributed by atoms with Crippen LogP contribution in [0.15, 0.2) is 0 Å². The minimum atomic E-state index is 1.26. The predicted molar refractivity (Wildman–Crippen MR) is 65.8 cm³/mol. The van der Waals surface area contributed by atoms with E-state index >= 15 is 0 Å². The fourth-order valence-electron chi connectivity index (χ4n) is 1.74. The summed E-state index contributed by atoms with van der Waals surface area (Å²) < 4.78 is 0. The molecule has 0 fully saturated rings. The molecule has 0 unspecified atom stereocenters. The molecule has 0 aliphatic carbocycles. The van der Waals surface area contributed by atoms with E-state index in [-0.39, 0.29) is 0 Å². The smallest absolute Gasteiger partial charge is 0.00248 e. The van der Waals surface area contributed by atoms with E-state index in [1.807, 2.05) is 0 Å². The van der Waals surface area contributed by atoms with Crippen LogP contribution in [-0.2, 0) is 0 Å². The Morgan fingerprint density at radius 3 is 1.50 bits per heavy atom. The molecule has 0 spiro atoms. The summed E-state index contributed by atoms with van der Waals surface area (Å²) in [5, 5.41) is 0. The number of nitrogens with zero attached hydrogens (tertiary/aromatic N) is 1. The molecule has 0 saturated heterocycles. The molecule has 0 radical (unpaired) electrons. The Morgan fingerprint density at radius 1 is 0.643 bits per heavy atom. The quantitative estimate of drug-likeness (QED) is 0.479. The standard InChI is InChI=1S/C13H29N/c1-4-5-6-7-8-9-10-11-12-13-14(2)3/h4-13H2,1-3H3. The summed E-state index contributed by atoms with van der Waals surface area (Å²) in [6, 6.07) is 0. The van der Waals surface area contributed by atoms with Gasteiger partial charge in [-0.15, -0.1) is 0 Å². The first-order valence-corrected chi connectivity index (χ1v) is 6.42. The maximum Gasteiger partial charge on any atom is -0.00248 e. The zero-order chi connectivity index (χ0) is 10.6. The molecule has 86 valence electrons. The third kappa shape index (κ3) is 12.0. The lowest BCUT2D eigenvalue weighted by molar-refractivity contribution is 0.389. The van der Waals surface area contributed by atoms with Crippen LogP contribution in [0.1, 0.15) is 64.7 Å². The average molecular weight is 199 g/mol. The molecule has 1 heteroatoms. The largest absolute Gasteiger partial charge is 0.309 e. The summed E-state index contributed by atoms with van der Waals surface area (Å²) in [4.78, 5) is 2.28. The Labute approximate surface area is 90.9 Å². The van der Waals surface area contributed by atoms with Crippen LogP contribution in [0.4, 0.5) is 0 Å². The maximum absolute atomic E-state index is 2.28. The van der Waals surface area contributed by atoms with Crippen LogP contribution in [0.2, 0.25) is 0 Å². The molecule has 0 rings (SSSR count). The highest BCUT2D eigenvalue weighted by Gasteiger charge is 1.92. The minimum Gasteiger partial charge on any atom is -0.309 e. The van der Waals surface area contributed by atoms with Crippen LogP contribution in [0, 0.1) is 0 Å². The van der Waals surface area contributed by atoms with Crippen LogP contribution in [0.25, 0.3) is 0 Å².